The summed E-state index contributed by atoms with van der Waals surface area (Å²) in [6, 6.07) is 8.12. The maximum atomic E-state index is 9.36. The Kier molecular flexibility index (Phi) is 3.23. The Morgan fingerprint density at radius 2 is 2.40 bits per heavy atom. The average Bonchev–Trinajstić information content (AvgIpc) is 2.70. The molecule has 0 amide bonds. The van der Waals surface area contributed by atoms with Crippen LogP contribution in [0.1, 0.15) is 12.0 Å². The fourth-order valence-electron chi connectivity index (χ4n) is 2.09. The van der Waals surface area contributed by atoms with Gasteiger partial charge in [0.1, 0.15) is 5.75 Å². The molecule has 1 aliphatic heterocycles. The van der Waals surface area contributed by atoms with Gasteiger partial charge < -0.3 is 10.4 Å². The fourth-order valence-corrected chi connectivity index (χ4v) is 2.09. The van der Waals surface area contributed by atoms with Gasteiger partial charge in [0.05, 0.1) is 0 Å². The molecule has 1 aromatic rings. The standard InChI is InChI=1S/C12H18N2O/c1-14(11-5-6-13-8-11)9-10-3-2-4-12(15)7-10/h2-4,7,11,13,15H,5-6,8-9H2,1H3. The van der Waals surface area contributed by atoms with Crippen LogP contribution in [-0.4, -0.2) is 36.2 Å². The number of aromatic hydroxyl groups is 1. The molecule has 1 heterocycles. The zero-order chi connectivity index (χ0) is 10.7. The molecular weight excluding hydrogens is 188 g/mol. The van der Waals surface area contributed by atoms with Gasteiger partial charge in [0.2, 0.25) is 0 Å². The second-order valence-corrected chi connectivity index (χ2v) is 4.23. The summed E-state index contributed by atoms with van der Waals surface area (Å²) in [6.45, 7) is 3.10. The molecule has 0 spiro atoms. The van der Waals surface area contributed by atoms with Crippen molar-refractivity contribution in [1.82, 2.24) is 10.2 Å². The van der Waals surface area contributed by atoms with Gasteiger partial charge in [-0.3, -0.25) is 4.90 Å². The van der Waals surface area contributed by atoms with E-state index in [9.17, 15) is 5.11 Å². The third-order valence-electron chi connectivity index (χ3n) is 3.00. The molecule has 2 N–H and O–H groups in total. The van der Waals surface area contributed by atoms with E-state index in [1.54, 1.807) is 6.07 Å². The van der Waals surface area contributed by atoms with Gasteiger partial charge in [-0.15, -0.1) is 0 Å². The number of nitrogens with one attached hydrogen (secondary N) is 1. The van der Waals surface area contributed by atoms with Crippen LogP contribution in [0.4, 0.5) is 0 Å². The van der Waals surface area contributed by atoms with E-state index >= 15 is 0 Å². The first kappa shape index (κ1) is 10.5. The van der Waals surface area contributed by atoms with E-state index in [0.717, 1.165) is 19.6 Å². The summed E-state index contributed by atoms with van der Waals surface area (Å²) >= 11 is 0. The zero-order valence-corrected chi connectivity index (χ0v) is 9.11. The number of phenols is 1. The highest BCUT2D eigenvalue weighted by Gasteiger charge is 2.18. The predicted molar refractivity (Wildman–Crippen MR) is 60.8 cm³/mol. The molecule has 3 heteroatoms. The van der Waals surface area contributed by atoms with Crippen molar-refractivity contribution in [2.75, 3.05) is 20.1 Å². The van der Waals surface area contributed by atoms with Crippen molar-refractivity contribution in [3.05, 3.63) is 29.8 Å². The Labute approximate surface area is 90.7 Å². The minimum atomic E-state index is 0.352. The van der Waals surface area contributed by atoms with E-state index in [1.165, 1.54) is 12.0 Å². The highest BCUT2D eigenvalue weighted by atomic mass is 16.3. The van der Waals surface area contributed by atoms with Gasteiger partial charge in [0.25, 0.3) is 0 Å². The highest BCUT2D eigenvalue weighted by Crippen LogP contribution is 2.15. The van der Waals surface area contributed by atoms with Gasteiger partial charge >= 0.3 is 0 Å². The summed E-state index contributed by atoms with van der Waals surface area (Å²) < 4.78 is 0. The Balaban J connectivity index is 1.95. The van der Waals surface area contributed by atoms with Crippen molar-refractivity contribution in [2.24, 2.45) is 0 Å². The lowest BCUT2D eigenvalue weighted by molar-refractivity contribution is 0.248. The molecule has 82 valence electrons. The predicted octanol–water partition coefficient (Wildman–Crippen LogP) is 1.19. The largest absolute Gasteiger partial charge is 0.508 e. The molecule has 15 heavy (non-hydrogen) atoms. The van der Waals surface area contributed by atoms with E-state index in [4.69, 9.17) is 0 Å². The van der Waals surface area contributed by atoms with Crippen LogP contribution in [0, 0.1) is 0 Å². The van der Waals surface area contributed by atoms with Gasteiger partial charge in [0, 0.05) is 19.1 Å². The lowest BCUT2D eigenvalue weighted by Crippen LogP contribution is -2.32. The maximum Gasteiger partial charge on any atom is 0.115 e. The molecule has 0 radical (unpaired) electrons. The molecule has 1 aromatic carbocycles. The molecule has 0 aliphatic carbocycles. The van der Waals surface area contributed by atoms with E-state index in [-0.39, 0.29) is 0 Å². The van der Waals surface area contributed by atoms with E-state index in [1.807, 2.05) is 12.1 Å². The molecular formula is C12H18N2O. The summed E-state index contributed by atoms with van der Waals surface area (Å²) in [5, 5.41) is 12.7. The number of nitrogens with zero attached hydrogens (tertiary/aromatic N) is 1. The minimum Gasteiger partial charge on any atom is -0.508 e. The van der Waals surface area contributed by atoms with Gasteiger partial charge in [-0.25, -0.2) is 0 Å². The normalized spacial score (nSPS) is 21.1. The number of benzene rings is 1. The monoisotopic (exact) mass is 206 g/mol. The van der Waals surface area contributed by atoms with Crippen molar-refractivity contribution in [1.29, 1.82) is 0 Å². The van der Waals surface area contributed by atoms with Crippen LogP contribution in [0.5, 0.6) is 5.75 Å². The first-order valence-corrected chi connectivity index (χ1v) is 5.44. The van der Waals surface area contributed by atoms with Crippen molar-refractivity contribution in [2.45, 2.75) is 19.0 Å². The lowest BCUT2D eigenvalue weighted by atomic mass is 10.1. The van der Waals surface area contributed by atoms with Crippen LogP contribution in [0.3, 0.4) is 0 Å². The smallest absolute Gasteiger partial charge is 0.115 e. The van der Waals surface area contributed by atoms with Crippen LogP contribution in [-0.2, 0) is 6.54 Å². The Morgan fingerprint density at radius 1 is 1.53 bits per heavy atom. The summed E-state index contributed by atoms with van der Waals surface area (Å²) in [5.41, 5.74) is 1.17. The summed E-state index contributed by atoms with van der Waals surface area (Å²) in [4.78, 5) is 2.34. The fraction of sp³-hybridized carbons (Fsp3) is 0.500. The Bertz CT molecular complexity index is 321. The van der Waals surface area contributed by atoms with Crippen LogP contribution in [0.2, 0.25) is 0 Å². The number of rotatable bonds is 3. The molecule has 0 saturated carbocycles. The van der Waals surface area contributed by atoms with E-state index < -0.39 is 0 Å². The van der Waals surface area contributed by atoms with E-state index in [2.05, 4.69) is 23.3 Å². The van der Waals surface area contributed by atoms with Crippen LogP contribution in [0.15, 0.2) is 24.3 Å². The van der Waals surface area contributed by atoms with Crippen LogP contribution >= 0.6 is 0 Å². The molecule has 1 unspecified atom stereocenters. The molecule has 1 aliphatic rings. The average molecular weight is 206 g/mol. The van der Waals surface area contributed by atoms with Crippen molar-refractivity contribution < 1.29 is 5.11 Å². The quantitative estimate of drug-likeness (QED) is 0.779. The van der Waals surface area contributed by atoms with Gasteiger partial charge in [-0.1, -0.05) is 12.1 Å². The summed E-state index contributed by atoms with van der Waals surface area (Å²) in [6.07, 6.45) is 1.22. The van der Waals surface area contributed by atoms with Crippen molar-refractivity contribution in [3.63, 3.8) is 0 Å². The van der Waals surface area contributed by atoms with Crippen LogP contribution < -0.4 is 5.32 Å². The van der Waals surface area contributed by atoms with Crippen molar-refractivity contribution >= 4 is 0 Å². The lowest BCUT2D eigenvalue weighted by Gasteiger charge is -2.23. The maximum absolute atomic E-state index is 9.36. The van der Waals surface area contributed by atoms with Gasteiger partial charge in [0.15, 0.2) is 0 Å². The zero-order valence-electron chi connectivity index (χ0n) is 9.11. The number of hydrogen-bond donors (Lipinski definition) is 2. The topological polar surface area (TPSA) is 35.5 Å². The second-order valence-electron chi connectivity index (χ2n) is 4.23. The molecule has 1 saturated heterocycles. The number of likely N-dealkylation sites (N-methyl/N-ethyl adjacent to an activating group) is 1. The second kappa shape index (κ2) is 4.64. The summed E-state index contributed by atoms with van der Waals surface area (Å²) in [7, 11) is 2.14. The summed E-state index contributed by atoms with van der Waals surface area (Å²) in [5.74, 6) is 0.352. The molecule has 2 rings (SSSR count). The Morgan fingerprint density at radius 3 is 3.07 bits per heavy atom. The SMILES string of the molecule is CN(Cc1cccc(O)c1)C1CCNC1. The Hall–Kier alpha value is -1.06. The first-order valence-electron chi connectivity index (χ1n) is 5.44. The van der Waals surface area contributed by atoms with Gasteiger partial charge in [-0.2, -0.15) is 0 Å². The minimum absolute atomic E-state index is 0.352. The molecule has 1 atom stereocenters. The van der Waals surface area contributed by atoms with Gasteiger partial charge in [-0.05, 0) is 37.7 Å². The third-order valence-corrected chi connectivity index (χ3v) is 3.00. The first-order chi connectivity index (χ1) is 7.25. The van der Waals surface area contributed by atoms with E-state index in [0.29, 0.717) is 11.8 Å². The van der Waals surface area contributed by atoms with Crippen LogP contribution in [0.25, 0.3) is 0 Å². The highest BCUT2D eigenvalue weighted by molar-refractivity contribution is 5.27. The molecule has 1 fully saturated rings. The third kappa shape index (κ3) is 2.70. The molecule has 0 bridgehead atoms. The number of hydrogen-bond acceptors (Lipinski definition) is 3. The van der Waals surface area contributed by atoms with Crippen molar-refractivity contribution in [3.8, 4) is 5.75 Å². The molecule has 3 nitrogen and oxygen atoms in total. The number of phenolic OH excluding ortho intramolecular Hbond substituents is 1. The molecule has 0 aromatic heterocycles.